The summed E-state index contributed by atoms with van der Waals surface area (Å²) in [5.41, 5.74) is 0. The van der Waals surface area contributed by atoms with Gasteiger partial charge in [-0.25, -0.2) is 0 Å². The Morgan fingerprint density at radius 1 is 1.15 bits per heavy atom. The molecular formula is C12H15F5O3. The maximum atomic E-state index is 14.0. The van der Waals surface area contributed by atoms with E-state index in [2.05, 4.69) is 4.74 Å². The summed E-state index contributed by atoms with van der Waals surface area (Å²) in [6, 6.07) is 0. The van der Waals surface area contributed by atoms with E-state index in [9.17, 15) is 32.2 Å². The van der Waals surface area contributed by atoms with Crippen LogP contribution in [0.25, 0.3) is 0 Å². The van der Waals surface area contributed by atoms with Crippen LogP contribution in [-0.2, 0) is 4.74 Å². The number of ether oxygens (including phenoxy) is 1. The van der Waals surface area contributed by atoms with E-state index in [1.807, 2.05) is 0 Å². The number of halogens is 5. The van der Waals surface area contributed by atoms with Crippen LogP contribution in [0.15, 0.2) is 12.2 Å². The summed E-state index contributed by atoms with van der Waals surface area (Å²) in [6.45, 7) is 0. The van der Waals surface area contributed by atoms with Gasteiger partial charge in [-0.3, -0.25) is 0 Å². The molecular weight excluding hydrogens is 287 g/mol. The third-order valence-electron chi connectivity index (χ3n) is 4.24. The Hall–Kier alpha value is -0.730. The van der Waals surface area contributed by atoms with Crippen molar-refractivity contribution in [3.05, 3.63) is 12.2 Å². The standard InChI is InChI=1S/C12H15F5O3/c1-20-11(19,12(15,16)17)10(13,14)9(18)8-5-6-2-3-7(8)4-6/h2-3,6-9,18-19H,4-5H2,1H3. The molecule has 2 N–H and O–H groups in total. The summed E-state index contributed by atoms with van der Waals surface area (Å²) >= 11 is 0. The number of methoxy groups -OCH3 is 1. The zero-order chi connectivity index (χ0) is 15.3. The Kier molecular flexibility index (Phi) is 3.63. The molecule has 116 valence electrons. The lowest BCUT2D eigenvalue weighted by Crippen LogP contribution is -2.66. The molecule has 0 spiro atoms. The van der Waals surface area contributed by atoms with Crippen molar-refractivity contribution < 1.29 is 36.9 Å². The van der Waals surface area contributed by atoms with Crippen molar-refractivity contribution in [2.75, 3.05) is 7.11 Å². The molecule has 3 nitrogen and oxygen atoms in total. The van der Waals surface area contributed by atoms with Gasteiger partial charge in [-0.15, -0.1) is 0 Å². The van der Waals surface area contributed by atoms with E-state index in [4.69, 9.17) is 0 Å². The molecule has 0 aromatic rings. The van der Waals surface area contributed by atoms with Gasteiger partial charge in [-0.2, -0.15) is 22.0 Å². The molecule has 0 aromatic carbocycles. The fourth-order valence-corrected chi connectivity index (χ4v) is 3.10. The summed E-state index contributed by atoms with van der Waals surface area (Å²) in [7, 11) is 0.328. The molecule has 0 heterocycles. The van der Waals surface area contributed by atoms with E-state index in [-0.39, 0.29) is 12.3 Å². The monoisotopic (exact) mass is 302 g/mol. The molecule has 0 radical (unpaired) electrons. The maximum Gasteiger partial charge on any atom is 0.449 e. The lowest BCUT2D eigenvalue weighted by molar-refractivity contribution is -0.438. The van der Waals surface area contributed by atoms with Crippen LogP contribution in [0, 0.1) is 17.8 Å². The molecule has 8 heteroatoms. The highest BCUT2D eigenvalue weighted by molar-refractivity contribution is 5.13. The Morgan fingerprint density at radius 2 is 1.75 bits per heavy atom. The average molecular weight is 302 g/mol. The van der Waals surface area contributed by atoms with E-state index in [1.165, 1.54) is 0 Å². The number of aliphatic hydroxyl groups is 2. The molecule has 0 aromatic heterocycles. The van der Waals surface area contributed by atoms with Crippen LogP contribution < -0.4 is 0 Å². The highest BCUT2D eigenvalue weighted by Crippen LogP contribution is 2.52. The van der Waals surface area contributed by atoms with Crippen molar-refractivity contribution >= 4 is 0 Å². The maximum absolute atomic E-state index is 14.0. The Morgan fingerprint density at radius 3 is 2.10 bits per heavy atom. The first-order valence-corrected chi connectivity index (χ1v) is 6.13. The molecule has 1 saturated carbocycles. The van der Waals surface area contributed by atoms with Gasteiger partial charge in [0.25, 0.3) is 0 Å². The predicted molar refractivity (Wildman–Crippen MR) is 57.8 cm³/mol. The smallest absolute Gasteiger partial charge is 0.386 e. The first-order chi connectivity index (χ1) is 9.04. The first kappa shape index (κ1) is 15.7. The quantitative estimate of drug-likeness (QED) is 0.475. The Balaban J connectivity index is 2.27. The number of fused-ring (bicyclic) bond motifs is 2. The van der Waals surface area contributed by atoms with Gasteiger partial charge >= 0.3 is 17.9 Å². The van der Waals surface area contributed by atoms with E-state index < -0.39 is 35.8 Å². The number of allylic oxidation sites excluding steroid dienone is 2. The molecule has 5 atom stereocenters. The SMILES string of the molecule is COC(O)(C(F)(F)F)C(F)(F)C(O)C1CC2C=CC1C2. The van der Waals surface area contributed by atoms with Crippen molar-refractivity contribution in [2.24, 2.45) is 17.8 Å². The molecule has 2 aliphatic carbocycles. The van der Waals surface area contributed by atoms with Crippen LogP contribution in [-0.4, -0.2) is 41.3 Å². The number of rotatable bonds is 4. The topological polar surface area (TPSA) is 49.7 Å². The van der Waals surface area contributed by atoms with Crippen LogP contribution in [0.1, 0.15) is 12.8 Å². The normalized spacial score (nSPS) is 34.3. The molecule has 0 saturated heterocycles. The zero-order valence-electron chi connectivity index (χ0n) is 10.6. The van der Waals surface area contributed by atoms with Crippen molar-refractivity contribution in [3.8, 4) is 0 Å². The van der Waals surface area contributed by atoms with E-state index >= 15 is 0 Å². The fourth-order valence-electron chi connectivity index (χ4n) is 3.10. The van der Waals surface area contributed by atoms with E-state index in [0.29, 0.717) is 13.5 Å². The summed E-state index contributed by atoms with van der Waals surface area (Å²) in [4.78, 5) is 0. The van der Waals surface area contributed by atoms with Crippen LogP contribution in [0.2, 0.25) is 0 Å². The molecule has 20 heavy (non-hydrogen) atoms. The minimum atomic E-state index is -5.72. The van der Waals surface area contributed by atoms with Crippen molar-refractivity contribution in [2.45, 2.75) is 36.8 Å². The third kappa shape index (κ3) is 2.05. The number of hydrogen-bond donors (Lipinski definition) is 2. The van der Waals surface area contributed by atoms with Gasteiger partial charge < -0.3 is 14.9 Å². The first-order valence-electron chi connectivity index (χ1n) is 6.13. The summed E-state index contributed by atoms with van der Waals surface area (Å²) < 4.78 is 69.5. The van der Waals surface area contributed by atoms with Gasteiger partial charge in [0.2, 0.25) is 0 Å². The molecule has 5 unspecified atom stereocenters. The van der Waals surface area contributed by atoms with Gasteiger partial charge in [-0.1, -0.05) is 12.2 Å². The molecule has 1 fully saturated rings. The van der Waals surface area contributed by atoms with Crippen molar-refractivity contribution in [1.29, 1.82) is 0 Å². The van der Waals surface area contributed by atoms with Crippen molar-refractivity contribution in [3.63, 3.8) is 0 Å². The van der Waals surface area contributed by atoms with Gasteiger partial charge in [0.05, 0.1) is 0 Å². The predicted octanol–water partition coefficient (Wildman–Crippen LogP) is 2.09. The highest BCUT2D eigenvalue weighted by atomic mass is 19.4. The lowest BCUT2D eigenvalue weighted by Gasteiger charge is -2.40. The lowest BCUT2D eigenvalue weighted by atomic mass is 9.83. The molecule has 2 rings (SSSR count). The molecule has 2 aliphatic rings. The van der Waals surface area contributed by atoms with E-state index in [0.717, 1.165) is 0 Å². The van der Waals surface area contributed by atoms with Crippen LogP contribution in [0.4, 0.5) is 22.0 Å². The number of hydrogen-bond acceptors (Lipinski definition) is 3. The summed E-state index contributed by atoms with van der Waals surface area (Å²) in [5, 5.41) is 18.9. The second kappa shape index (κ2) is 4.64. The fraction of sp³-hybridized carbons (Fsp3) is 0.833. The minimum absolute atomic E-state index is 0.00280. The second-order valence-corrected chi connectivity index (χ2v) is 5.36. The van der Waals surface area contributed by atoms with Gasteiger partial charge in [0.1, 0.15) is 6.10 Å². The summed E-state index contributed by atoms with van der Waals surface area (Å²) in [6.07, 6.45) is -4.21. The summed E-state index contributed by atoms with van der Waals surface area (Å²) in [5.74, 6) is -11.0. The van der Waals surface area contributed by atoms with Crippen LogP contribution in [0.5, 0.6) is 0 Å². The average Bonchev–Trinajstić information content (AvgIpc) is 2.97. The van der Waals surface area contributed by atoms with Gasteiger partial charge in [0, 0.05) is 7.11 Å². The third-order valence-corrected chi connectivity index (χ3v) is 4.24. The van der Waals surface area contributed by atoms with Gasteiger partial charge in [-0.05, 0) is 30.6 Å². The van der Waals surface area contributed by atoms with E-state index in [1.54, 1.807) is 12.2 Å². The zero-order valence-corrected chi connectivity index (χ0v) is 10.6. The van der Waals surface area contributed by atoms with Crippen LogP contribution in [0.3, 0.4) is 0 Å². The van der Waals surface area contributed by atoms with Crippen molar-refractivity contribution in [1.82, 2.24) is 0 Å². The Labute approximate surface area is 112 Å². The molecule has 0 aliphatic heterocycles. The van der Waals surface area contributed by atoms with Crippen LogP contribution >= 0.6 is 0 Å². The number of alkyl halides is 5. The largest absolute Gasteiger partial charge is 0.449 e. The highest BCUT2D eigenvalue weighted by Gasteiger charge is 2.74. The Bertz CT molecular complexity index is 408. The molecule has 0 amide bonds. The van der Waals surface area contributed by atoms with Gasteiger partial charge in [0.15, 0.2) is 0 Å². The molecule has 2 bridgehead atoms. The number of aliphatic hydroxyl groups excluding tert-OH is 1. The minimum Gasteiger partial charge on any atom is -0.386 e. The second-order valence-electron chi connectivity index (χ2n) is 5.36.